The van der Waals surface area contributed by atoms with Crippen molar-refractivity contribution in [3.63, 3.8) is 0 Å². The van der Waals surface area contributed by atoms with Crippen molar-refractivity contribution in [3.05, 3.63) is 52.3 Å². The quantitative estimate of drug-likeness (QED) is 0.334. The Balaban J connectivity index is 1.61. The second kappa shape index (κ2) is 11.4. The predicted octanol–water partition coefficient (Wildman–Crippen LogP) is 8.44. The van der Waals surface area contributed by atoms with Crippen LogP contribution >= 0.6 is 0 Å². The van der Waals surface area contributed by atoms with Gasteiger partial charge in [0.1, 0.15) is 6.54 Å². The topological polar surface area (TPSA) is 34.5 Å². The van der Waals surface area contributed by atoms with E-state index < -0.39 is 24.7 Å². The summed E-state index contributed by atoms with van der Waals surface area (Å²) in [6.07, 6.45) is 7.35. The second-order valence-corrected chi connectivity index (χ2v) is 14.2. The summed E-state index contributed by atoms with van der Waals surface area (Å²) in [6, 6.07) is 6.33. The smallest absolute Gasteiger partial charge is 0.381 e. The van der Waals surface area contributed by atoms with E-state index in [2.05, 4.69) is 50.5 Å². The highest BCUT2D eigenvalue weighted by molar-refractivity contribution is 5.96. The summed E-state index contributed by atoms with van der Waals surface area (Å²) in [5, 5.41) is 0. The molecule has 0 bridgehead atoms. The van der Waals surface area contributed by atoms with Crippen molar-refractivity contribution in [1.82, 2.24) is 9.47 Å². The van der Waals surface area contributed by atoms with Crippen molar-refractivity contribution in [2.75, 3.05) is 19.8 Å². The number of carbonyl (C=O) groups excluding carboxylic acids is 1. The molecule has 7 heteroatoms. The van der Waals surface area contributed by atoms with Crippen LogP contribution in [0.5, 0.6) is 0 Å². The average Bonchev–Trinajstić information content (AvgIpc) is 3.61. The van der Waals surface area contributed by atoms with Crippen molar-refractivity contribution >= 4 is 5.91 Å². The van der Waals surface area contributed by atoms with E-state index >= 15 is 0 Å². The number of aromatic nitrogens is 1. The minimum Gasteiger partial charge on any atom is -0.381 e. The fraction of sp³-hybridized carbons (Fsp3) is 0.676. The lowest BCUT2D eigenvalue weighted by atomic mass is 9.83. The van der Waals surface area contributed by atoms with E-state index in [1.165, 1.54) is 30.4 Å². The van der Waals surface area contributed by atoms with E-state index in [0.29, 0.717) is 37.5 Å². The lowest BCUT2D eigenvalue weighted by molar-refractivity contribution is -0.147. The second-order valence-electron chi connectivity index (χ2n) is 14.2. The molecule has 5 rings (SSSR count). The standard InChI is InChI=1S/C34H47F3N2O2/c1-23-29(31(40)39(22-34(35,36)37)27-11-15-41-16-12-27)21-38(30(23)17-24-9-7-6-8-10-24)28-19-25(32(2,3)4)18-26(20-28)33(5)13-14-33/h18-21,24,27H,6-17,22H2,1-5H3. The molecule has 226 valence electrons. The molecule has 4 nitrogen and oxygen atoms in total. The lowest BCUT2D eigenvalue weighted by Crippen LogP contribution is -2.48. The lowest BCUT2D eigenvalue weighted by Gasteiger charge is -2.34. The summed E-state index contributed by atoms with van der Waals surface area (Å²) >= 11 is 0. The molecule has 1 saturated heterocycles. The van der Waals surface area contributed by atoms with Crippen LogP contribution in [0.25, 0.3) is 5.69 Å². The Kier molecular flexibility index (Phi) is 8.41. The van der Waals surface area contributed by atoms with Gasteiger partial charge in [-0.05, 0) is 84.6 Å². The summed E-state index contributed by atoms with van der Waals surface area (Å²) in [5.41, 5.74) is 5.94. The fourth-order valence-corrected chi connectivity index (χ4v) is 6.72. The van der Waals surface area contributed by atoms with Gasteiger partial charge in [-0.3, -0.25) is 4.79 Å². The third kappa shape index (κ3) is 6.87. The van der Waals surface area contributed by atoms with Gasteiger partial charge in [0, 0.05) is 36.8 Å². The molecule has 2 saturated carbocycles. The van der Waals surface area contributed by atoms with Crippen LogP contribution in [0.3, 0.4) is 0 Å². The predicted molar refractivity (Wildman–Crippen MR) is 157 cm³/mol. The Morgan fingerprint density at radius 1 is 1.02 bits per heavy atom. The highest BCUT2D eigenvalue weighted by atomic mass is 19.4. The van der Waals surface area contributed by atoms with Crippen LogP contribution in [0, 0.1) is 12.8 Å². The van der Waals surface area contributed by atoms with E-state index in [4.69, 9.17) is 4.74 Å². The van der Waals surface area contributed by atoms with Crippen LogP contribution in [0.15, 0.2) is 24.4 Å². The van der Waals surface area contributed by atoms with Gasteiger partial charge in [-0.1, -0.05) is 65.9 Å². The number of benzene rings is 1. The van der Waals surface area contributed by atoms with Gasteiger partial charge in [-0.2, -0.15) is 13.2 Å². The average molecular weight is 573 g/mol. The number of nitrogens with zero attached hydrogens (tertiary/aromatic N) is 2. The first-order valence-corrected chi connectivity index (χ1v) is 15.6. The number of amides is 1. The number of hydrogen-bond acceptors (Lipinski definition) is 2. The van der Waals surface area contributed by atoms with Gasteiger partial charge in [-0.25, -0.2) is 0 Å². The number of halogens is 3. The van der Waals surface area contributed by atoms with Crippen molar-refractivity contribution < 1.29 is 22.7 Å². The van der Waals surface area contributed by atoms with Crippen LogP contribution in [-0.4, -0.2) is 47.4 Å². The molecule has 1 aromatic carbocycles. The minimum absolute atomic E-state index is 0.0625. The van der Waals surface area contributed by atoms with Crippen molar-refractivity contribution in [1.29, 1.82) is 0 Å². The van der Waals surface area contributed by atoms with Crippen molar-refractivity contribution in [3.8, 4) is 5.69 Å². The van der Waals surface area contributed by atoms with E-state index in [0.717, 1.165) is 53.9 Å². The minimum atomic E-state index is -4.47. The first-order chi connectivity index (χ1) is 19.2. The number of alkyl halides is 3. The molecular formula is C34H47F3N2O2. The normalized spacial score (nSPS) is 20.3. The molecule has 2 aliphatic carbocycles. The molecule has 41 heavy (non-hydrogen) atoms. The fourth-order valence-electron chi connectivity index (χ4n) is 6.72. The Morgan fingerprint density at radius 2 is 1.68 bits per heavy atom. The summed E-state index contributed by atoms with van der Waals surface area (Å²) in [4.78, 5) is 15.1. The van der Waals surface area contributed by atoms with E-state index in [1.807, 2.05) is 13.1 Å². The molecule has 3 aliphatic rings. The molecule has 2 aromatic rings. The first kappa shape index (κ1) is 30.2. The van der Waals surface area contributed by atoms with Crippen LogP contribution in [0.4, 0.5) is 13.2 Å². The Bertz CT molecular complexity index is 1220. The molecule has 0 N–H and O–H groups in total. The third-order valence-corrected chi connectivity index (χ3v) is 9.82. The summed E-state index contributed by atoms with van der Waals surface area (Å²) < 4.78 is 48.9. The first-order valence-electron chi connectivity index (χ1n) is 15.6. The van der Waals surface area contributed by atoms with E-state index in [1.54, 1.807) is 0 Å². The zero-order valence-corrected chi connectivity index (χ0v) is 25.5. The summed E-state index contributed by atoms with van der Waals surface area (Å²) in [7, 11) is 0. The zero-order chi connectivity index (χ0) is 29.6. The van der Waals surface area contributed by atoms with Crippen LogP contribution in [0.1, 0.15) is 118 Å². The molecule has 0 spiro atoms. The number of rotatable bonds is 7. The number of ether oxygens (including phenoxy) is 1. The molecule has 0 unspecified atom stereocenters. The highest BCUT2D eigenvalue weighted by Crippen LogP contribution is 2.49. The van der Waals surface area contributed by atoms with Gasteiger partial charge in [0.05, 0.1) is 5.56 Å². The highest BCUT2D eigenvalue weighted by Gasteiger charge is 2.41. The van der Waals surface area contributed by atoms with Crippen LogP contribution in [-0.2, 0) is 22.0 Å². The summed E-state index contributed by atoms with van der Waals surface area (Å²) in [5.74, 6) is 0.00349. The molecule has 2 heterocycles. The molecule has 0 atom stereocenters. The van der Waals surface area contributed by atoms with Gasteiger partial charge in [-0.15, -0.1) is 0 Å². The monoisotopic (exact) mass is 572 g/mol. The molecule has 1 aliphatic heterocycles. The summed E-state index contributed by atoms with van der Waals surface area (Å²) in [6.45, 7) is 10.4. The maximum absolute atomic E-state index is 14.1. The molecule has 1 aromatic heterocycles. The molecule has 0 radical (unpaired) electrons. The Morgan fingerprint density at radius 3 is 2.27 bits per heavy atom. The number of carbonyl (C=O) groups is 1. The molecule has 3 fully saturated rings. The maximum atomic E-state index is 14.1. The Hall–Kier alpha value is -2.28. The van der Waals surface area contributed by atoms with Crippen LogP contribution < -0.4 is 0 Å². The molecular weight excluding hydrogens is 525 g/mol. The van der Waals surface area contributed by atoms with E-state index in [9.17, 15) is 18.0 Å². The van der Waals surface area contributed by atoms with E-state index in [-0.39, 0.29) is 10.8 Å². The van der Waals surface area contributed by atoms with Gasteiger partial charge < -0.3 is 14.2 Å². The van der Waals surface area contributed by atoms with Crippen molar-refractivity contribution in [2.24, 2.45) is 5.92 Å². The Labute approximate surface area is 243 Å². The maximum Gasteiger partial charge on any atom is 0.406 e. The number of hydrogen-bond donors (Lipinski definition) is 0. The van der Waals surface area contributed by atoms with Gasteiger partial charge in [0.25, 0.3) is 5.91 Å². The SMILES string of the molecule is Cc1c(C(=O)N(CC(F)(F)F)C2CCOCC2)cn(-c2cc(C(C)(C)C)cc(C3(C)CC3)c2)c1CC1CCCCC1. The van der Waals surface area contributed by atoms with Gasteiger partial charge in [0.15, 0.2) is 0 Å². The molecule has 1 amide bonds. The third-order valence-electron chi connectivity index (χ3n) is 9.82. The van der Waals surface area contributed by atoms with Crippen molar-refractivity contribution in [2.45, 2.75) is 122 Å². The largest absolute Gasteiger partial charge is 0.406 e. The van der Waals surface area contributed by atoms with Gasteiger partial charge >= 0.3 is 6.18 Å². The zero-order valence-electron chi connectivity index (χ0n) is 25.5. The van der Waals surface area contributed by atoms with Gasteiger partial charge in [0.2, 0.25) is 0 Å². The van der Waals surface area contributed by atoms with Crippen LogP contribution in [0.2, 0.25) is 0 Å².